The van der Waals surface area contributed by atoms with E-state index >= 15 is 0 Å². The fraction of sp³-hybridized carbons (Fsp3) is 0.364. The number of carbonyl (C=O) groups excluding carboxylic acids is 1. The van der Waals surface area contributed by atoms with E-state index in [-0.39, 0.29) is 11.9 Å². The molecule has 1 amide bonds. The Kier molecular flexibility index (Phi) is 5.04. The van der Waals surface area contributed by atoms with Gasteiger partial charge < -0.3 is 14.6 Å². The van der Waals surface area contributed by atoms with Gasteiger partial charge in [0.1, 0.15) is 5.65 Å². The molecule has 8 nitrogen and oxygen atoms in total. The quantitative estimate of drug-likeness (QED) is 0.652. The molecule has 2 saturated heterocycles. The summed E-state index contributed by atoms with van der Waals surface area (Å²) in [4.78, 5) is 19.1. The van der Waals surface area contributed by atoms with E-state index in [4.69, 9.17) is 0 Å². The largest absolute Gasteiger partial charge is 0.348 e. The Morgan fingerprint density at radius 1 is 1.16 bits per heavy atom. The zero-order chi connectivity index (χ0) is 21.6. The minimum atomic E-state index is -3.51. The van der Waals surface area contributed by atoms with Crippen molar-refractivity contribution in [2.75, 3.05) is 26.7 Å². The van der Waals surface area contributed by atoms with Gasteiger partial charge in [-0.2, -0.15) is 4.31 Å². The van der Waals surface area contributed by atoms with Gasteiger partial charge in [0.05, 0.1) is 10.5 Å². The maximum absolute atomic E-state index is 13.2. The Balaban J connectivity index is 1.25. The van der Waals surface area contributed by atoms with Crippen LogP contribution < -0.4 is 5.32 Å². The molecule has 162 valence electrons. The molecule has 0 saturated carbocycles. The zero-order valence-electron chi connectivity index (χ0n) is 17.3. The summed E-state index contributed by atoms with van der Waals surface area (Å²) in [5.41, 5.74) is 2.16. The first-order valence-electron chi connectivity index (χ1n) is 10.4. The van der Waals surface area contributed by atoms with Gasteiger partial charge in [0.2, 0.25) is 10.0 Å². The normalized spacial score (nSPS) is 22.1. The van der Waals surface area contributed by atoms with Crippen molar-refractivity contribution < 1.29 is 13.2 Å². The standard InChI is InChI=1S/C22H25N5O3S/c1-25-13-17-8-10-27(20(17)15-25)31(29,30)19-5-2-16(3-6-19)12-24-22(28)18-4-7-21-23-9-11-26(21)14-18/h2-7,9,11,14,17,20H,8,10,12-13,15H2,1H3,(H,24,28). The second kappa shape index (κ2) is 7.74. The molecule has 0 aliphatic carbocycles. The van der Waals surface area contributed by atoms with Crippen LogP contribution in [0.4, 0.5) is 0 Å². The lowest BCUT2D eigenvalue weighted by molar-refractivity contribution is 0.0950. The second-order valence-electron chi connectivity index (χ2n) is 8.39. The van der Waals surface area contributed by atoms with Crippen LogP contribution in [0.15, 0.2) is 59.9 Å². The highest BCUT2D eigenvalue weighted by Crippen LogP contribution is 2.34. The number of sulfonamides is 1. The number of likely N-dealkylation sites (N-methyl/N-ethyl adjacent to an activating group) is 1. The highest BCUT2D eigenvalue weighted by molar-refractivity contribution is 7.89. The van der Waals surface area contributed by atoms with Crippen molar-refractivity contribution in [2.45, 2.75) is 23.9 Å². The number of hydrogen-bond acceptors (Lipinski definition) is 5. The zero-order valence-corrected chi connectivity index (χ0v) is 18.1. The molecule has 9 heteroatoms. The summed E-state index contributed by atoms with van der Waals surface area (Å²) in [5, 5.41) is 2.88. The van der Waals surface area contributed by atoms with Crippen LogP contribution in [0.5, 0.6) is 0 Å². The number of pyridine rings is 1. The summed E-state index contributed by atoms with van der Waals surface area (Å²) in [6.07, 6.45) is 6.12. The first kappa shape index (κ1) is 20.2. The summed E-state index contributed by atoms with van der Waals surface area (Å²) in [5.74, 6) is 0.233. The van der Waals surface area contributed by atoms with Crippen molar-refractivity contribution in [2.24, 2.45) is 5.92 Å². The van der Waals surface area contributed by atoms with Crippen LogP contribution in [-0.4, -0.2) is 65.6 Å². The van der Waals surface area contributed by atoms with Gasteiger partial charge in [0, 0.05) is 50.8 Å². The molecule has 2 fully saturated rings. The molecule has 0 bridgehead atoms. The van der Waals surface area contributed by atoms with Crippen LogP contribution in [0, 0.1) is 5.92 Å². The van der Waals surface area contributed by atoms with Crippen LogP contribution in [0.2, 0.25) is 0 Å². The van der Waals surface area contributed by atoms with E-state index in [2.05, 4.69) is 15.2 Å². The number of hydrogen-bond donors (Lipinski definition) is 1. The van der Waals surface area contributed by atoms with E-state index in [0.717, 1.165) is 30.7 Å². The van der Waals surface area contributed by atoms with Crippen molar-refractivity contribution in [1.29, 1.82) is 0 Å². The molecule has 0 radical (unpaired) electrons. The molecule has 2 aliphatic heterocycles. The third kappa shape index (κ3) is 3.73. The van der Waals surface area contributed by atoms with Crippen LogP contribution in [-0.2, 0) is 16.6 Å². The molecule has 5 rings (SSSR count). The number of carbonyl (C=O) groups is 1. The first-order valence-corrected chi connectivity index (χ1v) is 11.9. The molecular formula is C22H25N5O3S. The highest BCUT2D eigenvalue weighted by Gasteiger charge is 2.45. The molecule has 31 heavy (non-hydrogen) atoms. The summed E-state index contributed by atoms with van der Waals surface area (Å²) in [6.45, 7) is 2.66. The number of likely N-dealkylation sites (tertiary alicyclic amines) is 1. The van der Waals surface area contributed by atoms with Gasteiger partial charge in [-0.05, 0) is 49.2 Å². The number of rotatable bonds is 5. The third-order valence-corrected chi connectivity index (χ3v) is 8.25. The van der Waals surface area contributed by atoms with E-state index in [1.54, 1.807) is 63.7 Å². The Morgan fingerprint density at radius 3 is 2.77 bits per heavy atom. The lowest BCUT2D eigenvalue weighted by Crippen LogP contribution is -2.39. The molecule has 2 unspecified atom stereocenters. The van der Waals surface area contributed by atoms with E-state index in [0.29, 0.717) is 29.5 Å². The summed E-state index contributed by atoms with van der Waals surface area (Å²) in [6, 6.07) is 10.4. The number of amides is 1. The number of benzene rings is 1. The molecule has 1 aromatic carbocycles. The van der Waals surface area contributed by atoms with Crippen LogP contribution in [0.1, 0.15) is 22.3 Å². The fourth-order valence-electron chi connectivity index (χ4n) is 4.69. The van der Waals surface area contributed by atoms with E-state index in [9.17, 15) is 13.2 Å². The van der Waals surface area contributed by atoms with Gasteiger partial charge in [0.25, 0.3) is 5.91 Å². The van der Waals surface area contributed by atoms with Gasteiger partial charge in [0.15, 0.2) is 0 Å². The van der Waals surface area contributed by atoms with Crippen LogP contribution in [0.25, 0.3) is 5.65 Å². The van der Waals surface area contributed by atoms with Gasteiger partial charge in [-0.3, -0.25) is 4.79 Å². The molecule has 3 aromatic rings. The molecule has 1 N–H and O–H groups in total. The predicted molar refractivity (Wildman–Crippen MR) is 116 cm³/mol. The van der Waals surface area contributed by atoms with Crippen molar-refractivity contribution >= 4 is 21.6 Å². The third-order valence-electron chi connectivity index (χ3n) is 6.31. The fourth-order valence-corrected chi connectivity index (χ4v) is 6.38. The smallest absolute Gasteiger partial charge is 0.253 e. The lowest BCUT2D eigenvalue weighted by Gasteiger charge is -2.23. The monoisotopic (exact) mass is 439 g/mol. The summed E-state index contributed by atoms with van der Waals surface area (Å²) >= 11 is 0. The summed E-state index contributed by atoms with van der Waals surface area (Å²) < 4.78 is 29.8. The number of nitrogens with zero attached hydrogens (tertiary/aromatic N) is 4. The van der Waals surface area contributed by atoms with E-state index in [1.807, 2.05) is 7.05 Å². The Hall–Kier alpha value is -2.75. The maximum atomic E-state index is 13.2. The topological polar surface area (TPSA) is 87.0 Å². The van der Waals surface area contributed by atoms with Crippen molar-refractivity contribution in [1.82, 2.24) is 23.9 Å². The van der Waals surface area contributed by atoms with E-state index in [1.165, 1.54) is 0 Å². The Labute approximate surface area is 181 Å². The first-order chi connectivity index (χ1) is 14.9. The maximum Gasteiger partial charge on any atom is 0.253 e. The van der Waals surface area contributed by atoms with Gasteiger partial charge in [-0.1, -0.05) is 12.1 Å². The molecule has 4 heterocycles. The number of fused-ring (bicyclic) bond motifs is 2. The van der Waals surface area contributed by atoms with Crippen molar-refractivity contribution in [3.8, 4) is 0 Å². The molecule has 2 atom stereocenters. The highest BCUT2D eigenvalue weighted by atomic mass is 32.2. The van der Waals surface area contributed by atoms with Gasteiger partial charge in [-0.25, -0.2) is 13.4 Å². The average Bonchev–Trinajstić information content (AvgIpc) is 3.47. The number of nitrogens with one attached hydrogen (secondary N) is 1. The van der Waals surface area contributed by atoms with Crippen LogP contribution >= 0.6 is 0 Å². The van der Waals surface area contributed by atoms with Crippen LogP contribution in [0.3, 0.4) is 0 Å². The Morgan fingerprint density at radius 2 is 1.97 bits per heavy atom. The van der Waals surface area contributed by atoms with E-state index < -0.39 is 10.0 Å². The van der Waals surface area contributed by atoms with Gasteiger partial charge in [-0.15, -0.1) is 0 Å². The number of aromatic nitrogens is 2. The van der Waals surface area contributed by atoms with Gasteiger partial charge >= 0.3 is 0 Å². The summed E-state index contributed by atoms with van der Waals surface area (Å²) in [7, 11) is -1.47. The van der Waals surface area contributed by atoms with Crippen molar-refractivity contribution in [3.63, 3.8) is 0 Å². The number of imidazole rings is 1. The average molecular weight is 440 g/mol. The second-order valence-corrected chi connectivity index (χ2v) is 10.3. The molecule has 2 aliphatic rings. The molecule has 2 aromatic heterocycles. The minimum Gasteiger partial charge on any atom is -0.348 e. The van der Waals surface area contributed by atoms with Crippen molar-refractivity contribution in [3.05, 3.63) is 66.1 Å². The molecular weight excluding hydrogens is 414 g/mol. The minimum absolute atomic E-state index is 0.0711. The Bertz CT molecular complexity index is 1220. The predicted octanol–water partition coefficient (Wildman–Crippen LogP) is 1.59. The molecule has 0 spiro atoms. The SMILES string of the molecule is CN1CC2CCN(S(=O)(=O)c3ccc(CNC(=O)c4ccc5nccn5c4)cc3)C2C1. The lowest BCUT2D eigenvalue weighted by atomic mass is 10.1.